The summed E-state index contributed by atoms with van der Waals surface area (Å²) < 4.78 is 27.0. The van der Waals surface area contributed by atoms with Crippen molar-refractivity contribution in [1.82, 2.24) is 15.6 Å². The number of aryl methyl sites for hydroxylation is 1. The van der Waals surface area contributed by atoms with E-state index in [0.717, 1.165) is 11.6 Å². The van der Waals surface area contributed by atoms with Crippen LogP contribution in [0.25, 0.3) is 22.5 Å². The predicted molar refractivity (Wildman–Crippen MR) is 116 cm³/mol. The Balaban J connectivity index is 1.62. The molecule has 33 heavy (non-hydrogen) atoms. The van der Waals surface area contributed by atoms with E-state index in [1.54, 1.807) is 18.2 Å². The largest absolute Gasteiger partial charge is 0.389 e. The molecule has 0 aliphatic carbocycles. The number of nitrogens with one attached hydrogen (secondary N) is 3. The molecule has 2 aromatic carbocycles. The number of halogens is 2. The minimum absolute atomic E-state index is 0.0243. The molecule has 1 fully saturated rings. The van der Waals surface area contributed by atoms with Crippen molar-refractivity contribution in [2.45, 2.75) is 25.0 Å². The molecule has 0 unspecified atom stereocenters. The molecular formula is C24H20F2N4O3. The van der Waals surface area contributed by atoms with Gasteiger partial charge in [0.15, 0.2) is 0 Å². The zero-order chi connectivity index (χ0) is 23.5. The van der Waals surface area contributed by atoms with Crippen LogP contribution in [-0.2, 0) is 16.0 Å². The monoisotopic (exact) mass is 450 g/mol. The number of aromatic amines is 1. The minimum Gasteiger partial charge on any atom is -0.389 e. The fraction of sp³-hybridized carbons (Fsp3) is 0.208. The van der Waals surface area contributed by atoms with Crippen molar-refractivity contribution in [3.8, 4) is 28.6 Å². The van der Waals surface area contributed by atoms with Gasteiger partial charge in [-0.25, -0.2) is 8.78 Å². The molecule has 0 bridgehead atoms. The summed E-state index contributed by atoms with van der Waals surface area (Å²) in [6.07, 6.45) is -0.697. The van der Waals surface area contributed by atoms with Crippen LogP contribution in [0.15, 0.2) is 48.5 Å². The van der Waals surface area contributed by atoms with E-state index < -0.39 is 35.6 Å². The van der Waals surface area contributed by atoms with Gasteiger partial charge >= 0.3 is 0 Å². The van der Waals surface area contributed by atoms with Crippen LogP contribution in [-0.4, -0.2) is 40.6 Å². The van der Waals surface area contributed by atoms with Crippen molar-refractivity contribution in [1.29, 1.82) is 5.26 Å². The third-order valence-electron chi connectivity index (χ3n) is 5.52. The minimum atomic E-state index is -0.992. The number of rotatable bonds is 6. The number of hydrogen-bond acceptors (Lipinski definition) is 4. The average molecular weight is 450 g/mol. The van der Waals surface area contributed by atoms with E-state index >= 15 is 0 Å². The summed E-state index contributed by atoms with van der Waals surface area (Å²) >= 11 is 0. The number of aliphatic hydroxyl groups is 1. The Hall–Kier alpha value is -4.03. The van der Waals surface area contributed by atoms with Gasteiger partial charge in [0.1, 0.15) is 23.8 Å². The SMILES string of the molecule is N#Cc1cc(F)ccc1-c1cc(CCC(=O)N[C@@H]2C(=O)NC[C@H]2O)c(-c2ccc(F)cc2)[nH]1. The van der Waals surface area contributed by atoms with Gasteiger partial charge in [-0.3, -0.25) is 9.59 Å². The maximum atomic E-state index is 13.6. The molecule has 2 heterocycles. The van der Waals surface area contributed by atoms with Gasteiger partial charge in [-0.1, -0.05) is 0 Å². The van der Waals surface area contributed by atoms with Gasteiger partial charge in [0.05, 0.1) is 11.6 Å². The molecule has 1 aliphatic rings. The van der Waals surface area contributed by atoms with Gasteiger partial charge < -0.3 is 20.7 Å². The number of H-pyrrole nitrogens is 1. The van der Waals surface area contributed by atoms with E-state index in [-0.39, 0.29) is 24.9 Å². The Bertz CT molecular complexity index is 1250. The third-order valence-corrected chi connectivity index (χ3v) is 5.52. The average Bonchev–Trinajstić information content (AvgIpc) is 3.36. The molecule has 3 aromatic rings. The molecule has 4 rings (SSSR count). The third kappa shape index (κ3) is 4.76. The first-order valence-corrected chi connectivity index (χ1v) is 10.3. The Morgan fingerprint density at radius 3 is 2.55 bits per heavy atom. The van der Waals surface area contributed by atoms with Crippen molar-refractivity contribution >= 4 is 11.8 Å². The second-order valence-electron chi connectivity index (χ2n) is 7.75. The number of β-amino-alcohol motifs (C(OH)–C–C–N with tert-alkyl or cyclic N) is 1. The van der Waals surface area contributed by atoms with Crippen LogP contribution in [0.1, 0.15) is 17.5 Å². The quantitative estimate of drug-likeness (QED) is 0.461. The molecule has 0 saturated carbocycles. The molecule has 0 radical (unpaired) electrons. The number of carbonyl (C=O) groups is 2. The summed E-state index contributed by atoms with van der Waals surface area (Å²) in [5.41, 5.74) is 3.20. The molecule has 4 N–H and O–H groups in total. The number of carbonyl (C=O) groups excluding carboxylic acids is 2. The molecule has 1 saturated heterocycles. The molecule has 2 atom stereocenters. The first kappa shape index (κ1) is 22.2. The summed E-state index contributed by atoms with van der Waals surface area (Å²) in [6, 6.07) is 12.4. The Kier molecular flexibility index (Phi) is 6.20. The van der Waals surface area contributed by atoms with Crippen molar-refractivity contribution in [2.24, 2.45) is 0 Å². The van der Waals surface area contributed by atoms with Crippen molar-refractivity contribution < 1.29 is 23.5 Å². The van der Waals surface area contributed by atoms with E-state index in [1.807, 2.05) is 6.07 Å². The number of amides is 2. The molecule has 9 heteroatoms. The molecular weight excluding hydrogens is 430 g/mol. The highest BCUT2D eigenvalue weighted by Gasteiger charge is 2.34. The number of aromatic nitrogens is 1. The molecule has 0 spiro atoms. The number of aliphatic hydroxyl groups excluding tert-OH is 1. The van der Waals surface area contributed by atoms with Gasteiger partial charge in [0.25, 0.3) is 0 Å². The summed E-state index contributed by atoms with van der Waals surface area (Å²) in [5, 5.41) is 24.2. The van der Waals surface area contributed by atoms with E-state index in [1.165, 1.54) is 24.3 Å². The number of benzene rings is 2. The molecule has 7 nitrogen and oxygen atoms in total. The fourth-order valence-electron chi connectivity index (χ4n) is 3.82. The first-order chi connectivity index (χ1) is 15.9. The smallest absolute Gasteiger partial charge is 0.245 e. The summed E-state index contributed by atoms with van der Waals surface area (Å²) in [7, 11) is 0. The van der Waals surface area contributed by atoms with Crippen molar-refractivity contribution in [3.05, 3.63) is 71.3 Å². The van der Waals surface area contributed by atoms with Crippen LogP contribution in [0, 0.1) is 23.0 Å². The Morgan fingerprint density at radius 2 is 1.88 bits per heavy atom. The standard InChI is InChI=1S/C24H20F2N4O3/c25-16-4-1-13(2-5-16)22-14(3-8-21(32)30-23-20(31)12-28-24(23)33)10-19(29-22)18-7-6-17(26)9-15(18)11-27/h1-2,4-7,9-10,20,23,29,31H,3,8,12H2,(H,28,33)(H,30,32)/t20-,23+/m1/s1. The lowest BCUT2D eigenvalue weighted by atomic mass is 10.0. The van der Waals surface area contributed by atoms with Crippen molar-refractivity contribution in [2.75, 3.05) is 6.54 Å². The second kappa shape index (κ2) is 9.22. The highest BCUT2D eigenvalue weighted by Crippen LogP contribution is 2.32. The zero-order valence-corrected chi connectivity index (χ0v) is 17.4. The molecule has 2 amide bonds. The predicted octanol–water partition coefficient (Wildman–Crippen LogP) is 2.41. The summed E-state index contributed by atoms with van der Waals surface area (Å²) in [5.74, 6) is -1.78. The summed E-state index contributed by atoms with van der Waals surface area (Å²) in [4.78, 5) is 27.4. The van der Waals surface area contributed by atoms with E-state index in [2.05, 4.69) is 15.6 Å². The highest BCUT2D eigenvalue weighted by molar-refractivity contribution is 5.90. The van der Waals surface area contributed by atoms with Crippen LogP contribution in [0.3, 0.4) is 0 Å². The van der Waals surface area contributed by atoms with Crippen LogP contribution < -0.4 is 10.6 Å². The van der Waals surface area contributed by atoms with Crippen LogP contribution in [0.5, 0.6) is 0 Å². The maximum Gasteiger partial charge on any atom is 0.245 e. The second-order valence-corrected chi connectivity index (χ2v) is 7.75. The lowest BCUT2D eigenvalue weighted by Crippen LogP contribution is -2.45. The summed E-state index contributed by atoms with van der Waals surface area (Å²) in [6.45, 7) is 0.0819. The van der Waals surface area contributed by atoms with Crippen LogP contribution >= 0.6 is 0 Å². The van der Waals surface area contributed by atoms with E-state index in [4.69, 9.17) is 0 Å². The van der Waals surface area contributed by atoms with Crippen LogP contribution in [0.4, 0.5) is 8.78 Å². The Labute approximate surface area is 188 Å². The normalized spacial score (nSPS) is 17.5. The van der Waals surface area contributed by atoms with E-state index in [9.17, 15) is 28.7 Å². The van der Waals surface area contributed by atoms with Crippen molar-refractivity contribution in [3.63, 3.8) is 0 Å². The topological polar surface area (TPSA) is 118 Å². The molecule has 1 aromatic heterocycles. The maximum absolute atomic E-state index is 13.6. The zero-order valence-electron chi connectivity index (χ0n) is 17.4. The lowest BCUT2D eigenvalue weighted by molar-refractivity contribution is -0.128. The number of hydrogen-bond donors (Lipinski definition) is 4. The van der Waals surface area contributed by atoms with Gasteiger partial charge in [-0.2, -0.15) is 5.26 Å². The molecule has 1 aliphatic heterocycles. The number of nitriles is 1. The fourth-order valence-corrected chi connectivity index (χ4v) is 3.82. The lowest BCUT2D eigenvalue weighted by Gasteiger charge is -2.13. The van der Waals surface area contributed by atoms with Gasteiger partial charge in [-0.05, 0) is 66.1 Å². The van der Waals surface area contributed by atoms with Gasteiger partial charge in [0.2, 0.25) is 11.8 Å². The van der Waals surface area contributed by atoms with E-state index in [0.29, 0.717) is 22.5 Å². The van der Waals surface area contributed by atoms with Gasteiger partial charge in [-0.15, -0.1) is 0 Å². The number of nitrogens with zero attached hydrogens (tertiary/aromatic N) is 1. The highest BCUT2D eigenvalue weighted by atomic mass is 19.1. The van der Waals surface area contributed by atoms with Gasteiger partial charge in [0, 0.05) is 29.9 Å². The molecule has 168 valence electrons. The Morgan fingerprint density at radius 1 is 1.15 bits per heavy atom. The first-order valence-electron chi connectivity index (χ1n) is 10.3. The van der Waals surface area contributed by atoms with Crippen LogP contribution in [0.2, 0.25) is 0 Å².